The monoisotopic (exact) mass is 421 g/mol. The summed E-state index contributed by atoms with van der Waals surface area (Å²) in [6.07, 6.45) is 7.32. The minimum absolute atomic E-state index is 0. The zero-order chi connectivity index (χ0) is 15.1. The van der Waals surface area contributed by atoms with E-state index in [-0.39, 0.29) is 24.0 Å². The summed E-state index contributed by atoms with van der Waals surface area (Å²) in [7, 11) is 5.58. The number of guanidine groups is 1. The Morgan fingerprint density at radius 1 is 1.55 bits per heavy atom. The Bertz CT molecular complexity index is 463. The lowest BCUT2D eigenvalue weighted by Crippen LogP contribution is -2.40. The van der Waals surface area contributed by atoms with Crippen LogP contribution in [0.1, 0.15) is 18.4 Å². The van der Waals surface area contributed by atoms with Crippen molar-refractivity contribution in [3.63, 3.8) is 0 Å². The number of hydrogen-bond acceptors (Lipinski definition) is 3. The van der Waals surface area contributed by atoms with E-state index in [0.717, 1.165) is 45.0 Å². The molecular weight excluding hydrogens is 393 g/mol. The van der Waals surface area contributed by atoms with Crippen LogP contribution < -0.4 is 5.32 Å². The normalized spacial score (nSPS) is 18.4. The van der Waals surface area contributed by atoms with Crippen LogP contribution in [0.4, 0.5) is 0 Å². The minimum Gasteiger partial charge on any atom is -0.384 e. The third-order valence-electron chi connectivity index (χ3n) is 3.88. The highest BCUT2D eigenvalue weighted by atomic mass is 127. The average Bonchev–Trinajstić information content (AvgIpc) is 3.09. The van der Waals surface area contributed by atoms with Crippen molar-refractivity contribution < 1.29 is 4.74 Å². The summed E-state index contributed by atoms with van der Waals surface area (Å²) in [4.78, 5) is 6.71. The second-order valence-corrected chi connectivity index (χ2v) is 5.66. The number of ether oxygens (including phenoxy) is 1. The predicted molar refractivity (Wildman–Crippen MR) is 99.9 cm³/mol. The first kappa shape index (κ1) is 19.2. The Morgan fingerprint density at radius 2 is 2.36 bits per heavy atom. The summed E-state index contributed by atoms with van der Waals surface area (Å²) < 4.78 is 7.09. The van der Waals surface area contributed by atoms with E-state index in [0.29, 0.717) is 5.92 Å². The average molecular weight is 421 g/mol. The summed E-state index contributed by atoms with van der Waals surface area (Å²) in [6, 6.07) is 0. The molecule has 1 fully saturated rings. The molecule has 1 saturated heterocycles. The van der Waals surface area contributed by atoms with E-state index in [1.807, 2.05) is 25.0 Å². The van der Waals surface area contributed by atoms with E-state index in [2.05, 4.69) is 26.5 Å². The molecule has 1 N–H and O–H groups in total. The quantitative estimate of drug-likeness (QED) is 0.328. The van der Waals surface area contributed by atoms with Gasteiger partial charge in [0.15, 0.2) is 5.96 Å². The fourth-order valence-corrected chi connectivity index (χ4v) is 2.82. The first-order chi connectivity index (χ1) is 10.2. The second kappa shape index (κ2) is 10.0. The second-order valence-electron chi connectivity index (χ2n) is 5.66. The molecule has 0 aliphatic carbocycles. The van der Waals surface area contributed by atoms with Crippen LogP contribution in [0.25, 0.3) is 0 Å². The maximum Gasteiger partial charge on any atom is 0.193 e. The Morgan fingerprint density at radius 3 is 3.00 bits per heavy atom. The van der Waals surface area contributed by atoms with Gasteiger partial charge >= 0.3 is 0 Å². The van der Waals surface area contributed by atoms with Gasteiger partial charge < -0.3 is 15.0 Å². The number of halogens is 1. The van der Waals surface area contributed by atoms with Crippen molar-refractivity contribution in [2.24, 2.45) is 18.0 Å². The number of nitrogens with zero attached hydrogens (tertiary/aromatic N) is 4. The van der Waals surface area contributed by atoms with Crippen LogP contribution in [0, 0.1) is 5.92 Å². The molecule has 0 radical (unpaired) electrons. The molecule has 126 valence electrons. The number of rotatable bonds is 6. The fraction of sp³-hybridized carbons (Fsp3) is 0.733. The molecule has 0 amide bonds. The van der Waals surface area contributed by atoms with Gasteiger partial charge in [0.1, 0.15) is 0 Å². The zero-order valence-electron chi connectivity index (χ0n) is 13.8. The first-order valence-corrected chi connectivity index (χ1v) is 7.65. The summed E-state index contributed by atoms with van der Waals surface area (Å²) in [5.41, 5.74) is 1.29. The van der Waals surface area contributed by atoms with Crippen LogP contribution in [0.15, 0.2) is 17.4 Å². The van der Waals surface area contributed by atoms with Crippen molar-refractivity contribution >= 4 is 29.9 Å². The highest BCUT2D eigenvalue weighted by Gasteiger charge is 2.24. The molecule has 6 nitrogen and oxygen atoms in total. The zero-order valence-corrected chi connectivity index (χ0v) is 16.1. The lowest BCUT2D eigenvalue weighted by Gasteiger charge is -2.21. The van der Waals surface area contributed by atoms with Gasteiger partial charge in [-0.1, -0.05) is 0 Å². The van der Waals surface area contributed by atoms with Gasteiger partial charge in [-0.15, -0.1) is 24.0 Å². The van der Waals surface area contributed by atoms with E-state index in [9.17, 15) is 0 Å². The van der Waals surface area contributed by atoms with Crippen LogP contribution in [0.5, 0.6) is 0 Å². The van der Waals surface area contributed by atoms with Gasteiger partial charge in [0.05, 0.1) is 12.8 Å². The third kappa shape index (κ3) is 5.75. The SMILES string of the molecule is CN=C(NCCCc1cnn(C)c1)N1CCC(COC)C1.I. The molecule has 2 rings (SSSR count). The van der Waals surface area contributed by atoms with Crippen LogP contribution >= 0.6 is 24.0 Å². The van der Waals surface area contributed by atoms with Gasteiger partial charge in [-0.2, -0.15) is 5.10 Å². The Kier molecular flexibility index (Phi) is 8.77. The predicted octanol–water partition coefficient (Wildman–Crippen LogP) is 1.51. The van der Waals surface area contributed by atoms with Gasteiger partial charge in [0, 0.05) is 53.0 Å². The molecule has 1 atom stereocenters. The van der Waals surface area contributed by atoms with Crippen molar-refractivity contribution in [1.29, 1.82) is 0 Å². The summed E-state index contributed by atoms with van der Waals surface area (Å²) in [6.45, 7) is 3.88. The number of nitrogens with one attached hydrogen (secondary N) is 1. The molecule has 1 aromatic rings. The molecule has 1 aliphatic rings. The van der Waals surface area contributed by atoms with Crippen molar-refractivity contribution in [2.75, 3.05) is 40.4 Å². The van der Waals surface area contributed by atoms with Crippen LogP contribution in [-0.4, -0.2) is 61.0 Å². The molecule has 0 spiro atoms. The fourth-order valence-electron chi connectivity index (χ4n) is 2.82. The van der Waals surface area contributed by atoms with Gasteiger partial charge in [-0.3, -0.25) is 9.67 Å². The van der Waals surface area contributed by atoms with Crippen molar-refractivity contribution in [3.8, 4) is 0 Å². The summed E-state index contributed by atoms with van der Waals surface area (Å²) >= 11 is 0. The molecule has 1 aliphatic heterocycles. The Labute approximate surface area is 150 Å². The Balaban J connectivity index is 0.00000242. The van der Waals surface area contributed by atoms with Gasteiger partial charge in [-0.25, -0.2) is 0 Å². The number of likely N-dealkylation sites (tertiary alicyclic amines) is 1. The molecule has 2 heterocycles. The van der Waals surface area contributed by atoms with E-state index in [1.165, 1.54) is 12.0 Å². The molecular formula is C15H28IN5O. The van der Waals surface area contributed by atoms with Gasteiger partial charge in [-0.05, 0) is 24.8 Å². The highest BCUT2D eigenvalue weighted by Crippen LogP contribution is 2.16. The molecule has 1 aromatic heterocycles. The molecule has 7 heteroatoms. The lowest BCUT2D eigenvalue weighted by atomic mass is 10.1. The summed E-state index contributed by atoms with van der Waals surface area (Å²) in [5, 5.41) is 7.65. The van der Waals surface area contributed by atoms with Crippen LogP contribution in [0.3, 0.4) is 0 Å². The largest absolute Gasteiger partial charge is 0.384 e. The number of aryl methyl sites for hydroxylation is 2. The number of aromatic nitrogens is 2. The number of methoxy groups -OCH3 is 1. The maximum atomic E-state index is 5.24. The maximum absolute atomic E-state index is 5.24. The molecule has 0 aromatic carbocycles. The smallest absolute Gasteiger partial charge is 0.193 e. The molecule has 0 saturated carbocycles. The van der Waals surface area contributed by atoms with Crippen molar-refractivity contribution in [3.05, 3.63) is 18.0 Å². The van der Waals surface area contributed by atoms with Crippen LogP contribution in [0.2, 0.25) is 0 Å². The highest BCUT2D eigenvalue weighted by molar-refractivity contribution is 14.0. The molecule has 1 unspecified atom stereocenters. The standard InChI is InChI=1S/C15H27N5O.HI/c1-16-15(20-8-6-14(11-20)12-21-3)17-7-4-5-13-9-18-19(2)10-13;/h9-10,14H,4-8,11-12H2,1-3H3,(H,16,17);1H. The van der Waals surface area contributed by atoms with Crippen molar-refractivity contribution in [1.82, 2.24) is 20.0 Å². The lowest BCUT2D eigenvalue weighted by molar-refractivity contribution is 0.157. The number of hydrogen-bond donors (Lipinski definition) is 1. The van der Waals surface area contributed by atoms with E-state index >= 15 is 0 Å². The van der Waals surface area contributed by atoms with Crippen molar-refractivity contribution in [2.45, 2.75) is 19.3 Å². The first-order valence-electron chi connectivity index (χ1n) is 7.65. The van der Waals surface area contributed by atoms with Gasteiger partial charge in [0.2, 0.25) is 0 Å². The van der Waals surface area contributed by atoms with E-state index < -0.39 is 0 Å². The van der Waals surface area contributed by atoms with Crippen LogP contribution in [-0.2, 0) is 18.2 Å². The number of aliphatic imine (C=N–C) groups is 1. The minimum atomic E-state index is 0. The topological polar surface area (TPSA) is 54.7 Å². The Hall–Kier alpha value is -0.830. The summed E-state index contributed by atoms with van der Waals surface area (Å²) in [5.74, 6) is 1.64. The van der Waals surface area contributed by atoms with E-state index in [4.69, 9.17) is 4.74 Å². The third-order valence-corrected chi connectivity index (χ3v) is 3.88. The molecule has 0 bridgehead atoms. The van der Waals surface area contributed by atoms with Gasteiger partial charge in [0.25, 0.3) is 0 Å². The molecule has 22 heavy (non-hydrogen) atoms. The van der Waals surface area contributed by atoms with E-state index in [1.54, 1.807) is 7.11 Å².